The Bertz CT molecular complexity index is 398. The van der Waals surface area contributed by atoms with Crippen LogP contribution in [0.2, 0.25) is 0 Å². The van der Waals surface area contributed by atoms with Crippen LogP contribution in [0.4, 0.5) is 0 Å². The molecule has 3 rings (SSSR count). The second-order valence-electron chi connectivity index (χ2n) is 6.34. The first-order valence-electron chi connectivity index (χ1n) is 7.88. The lowest BCUT2D eigenvalue weighted by atomic mass is 9.69. The zero-order valence-electron chi connectivity index (χ0n) is 11.7. The molecule has 0 aliphatic heterocycles. The van der Waals surface area contributed by atoms with Crippen LogP contribution in [-0.4, -0.2) is 16.7 Å². The first kappa shape index (κ1) is 13.1. The molecule has 0 spiro atoms. The van der Waals surface area contributed by atoms with Gasteiger partial charge >= 0.3 is 0 Å². The van der Waals surface area contributed by atoms with Gasteiger partial charge in [0.2, 0.25) is 5.89 Å². The van der Waals surface area contributed by atoms with E-state index in [1.165, 1.54) is 51.4 Å². The fourth-order valence-electron chi connectivity index (χ4n) is 3.44. The first-order chi connectivity index (χ1) is 9.34. The molecule has 4 heteroatoms. The van der Waals surface area contributed by atoms with Gasteiger partial charge in [-0.2, -0.15) is 4.98 Å². The molecule has 1 aromatic rings. The van der Waals surface area contributed by atoms with Crippen LogP contribution < -0.4 is 5.73 Å². The molecule has 2 aliphatic carbocycles. The molecule has 2 fully saturated rings. The molecule has 19 heavy (non-hydrogen) atoms. The van der Waals surface area contributed by atoms with Crippen molar-refractivity contribution in [2.75, 3.05) is 6.54 Å². The Balaban J connectivity index is 1.72. The van der Waals surface area contributed by atoms with E-state index in [2.05, 4.69) is 5.16 Å². The number of hydrogen-bond donors (Lipinski definition) is 1. The van der Waals surface area contributed by atoms with Crippen molar-refractivity contribution in [1.29, 1.82) is 0 Å². The van der Waals surface area contributed by atoms with Crippen LogP contribution in [-0.2, 0) is 5.41 Å². The third-order valence-corrected chi connectivity index (χ3v) is 5.07. The van der Waals surface area contributed by atoms with Gasteiger partial charge in [0.1, 0.15) is 0 Å². The van der Waals surface area contributed by atoms with E-state index in [9.17, 15) is 0 Å². The molecule has 2 N–H and O–H groups in total. The highest BCUT2D eigenvalue weighted by Crippen LogP contribution is 2.42. The molecule has 4 nitrogen and oxygen atoms in total. The summed E-state index contributed by atoms with van der Waals surface area (Å²) < 4.78 is 5.55. The van der Waals surface area contributed by atoms with Crippen LogP contribution in [0.3, 0.4) is 0 Å². The molecule has 0 radical (unpaired) electrons. The maximum absolute atomic E-state index is 5.91. The van der Waals surface area contributed by atoms with Crippen molar-refractivity contribution in [3.8, 4) is 0 Å². The number of hydrogen-bond acceptors (Lipinski definition) is 4. The number of rotatable bonds is 3. The number of nitrogens with two attached hydrogens (primary N) is 1. The third-order valence-electron chi connectivity index (χ3n) is 5.07. The predicted molar refractivity (Wildman–Crippen MR) is 73.9 cm³/mol. The molecular weight excluding hydrogens is 238 g/mol. The molecule has 0 unspecified atom stereocenters. The zero-order valence-corrected chi connectivity index (χ0v) is 11.7. The van der Waals surface area contributed by atoms with Crippen molar-refractivity contribution in [2.45, 2.75) is 75.5 Å². The second kappa shape index (κ2) is 5.61. The summed E-state index contributed by atoms with van der Waals surface area (Å²) in [5, 5.41) is 4.27. The average Bonchev–Trinajstić information content (AvgIpc) is 2.77. The molecule has 106 valence electrons. The lowest BCUT2D eigenvalue weighted by Crippen LogP contribution is -2.41. The van der Waals surface area contributed by atoms with E-state index < -0.39 is 0 Å². The molecule has 2 aliphatic rings. The van der Waals surface area contributed by atoms with E-state index in [-0.39, 0.29) is 5.41 Å². The quantitative estimate of drug-likeness (QED) is 0.909. The topological polar surface area (TPSA) is 64.9 Å². The lowest BCUT2D eigenvalue weighted by molar-refractivity contribution is 0.181. The Morgan fingerprint density at radius 1 is 1.05 bits per heavy atom. The molecule has 0 saturated heterocycles. The van der Waals surface area contributed by atoms with Crippen molar-refractivity contribution in [1.82, 2.24) is 10.1 Å². The molecule has 2 saturated carbocycles. The minimum atomic E-state index is 0.00681. The van der Waals surface area contributed by atoms with Gasteiger partial charge in [0.15, 0.2) is 5.82 Å². The Morgan fingerprint density at radius 2 is 1.74 bits per heavy atom. The van der Waals surface area contributed by atoms with Gasteiger partial charge in [-0.25, -0.2) is 0 Å². The fraction of sp³-hybridized carbons (Fsp3) is 0.867. The summed E-state index contributed by atoms with van der Waals surface area (Å²) in [6, 6.07) is 0. The van der Waals surface area contributed by atoms with E-state index in [1.54, 1.807) is 0 Å². The minimum absolute atomic E-state index is 0.00681. The highest BCUT2D eigenvalue weighted by molar-refractivity contribution is 5.12. The van der Waals surface area contributed by atoms with E-state index >= 15 is 0 Å². The Hall–Kier alpha value is -0.900. The van der Waals surface area contributed by atoms with Crippen LogP contribution in [0.15, 0.2) is 4.52 Å². The van der Waals surface area contributed by atoms with Gasteiger partial charge in [0.05, 0.1) is 5.41 Å². The van der Waals surface area contributed by atoms with E-state index in [1.807, 2.05) is 0 Å². The summed E-state index contributed by atoms with van der Waals surface area (Å²) in [6.07, 6.45) is 12.6. The van der Waals surface area contributed by atoms with E-state index in [0.717, 1.165) is 24.6 Å². The van der Waals surface area contributed by atoms with Crippen molar-refractivity contribution < 1.29 is 4.52 Å². The summed E-state index contributed by atoms with van der Waals surface area (Å²) >= 11 is 0. The molecule has 0 bridgehead atoms. The summed E-state index contributed by atoms with van der Waals surface area (Å²) in [6.45, 7) is 0.638. The van der Waals surface area contributed by atoms with Gasteiger partial charge in [0, 0.05) is 12.5 Å². The van der Waals surface area contributed by atoms with Crippen LogP contribution >= 0.6 is 0 Å². The largest absolute Gasteiger partial charge is 0.339 e. The van der Waals surface area contributed by atoms with Gasteiger partial charge in [-0.3, -0.25) is 0 Å². The summed E-state index contributed by atoms with van der Waals surface area (Å²) in [5.74, 6) is 2.25. The molecule has 1 heterocycles. The highest BCUT2D eigenvalue weighted by atomic mass is 16.5. The van der Waals surface area contributed by atoms with Crippen LogP contribution in [0, 0.1) is 0 Å². The van der Waals surface area contributed by atoms with E-state index in [0.29, 0.717) is 12.5 Å². The molecule has 1 aromatic heterocycles. The summed E-state index contributed by atoms with van der Waals surface area (Å²) in [4.78, 5) is 4.71. The van der Waals surface area contributed by atoms with Crippen LogP contribution in [0.1, 0.15) is 81.8 Å². The van der Waals surface area contributed by atoms with Crippen molar-refractivity contribution in [3.05, 3.63) is 11.7 Å². The highest BCUT2D eigenvalue weighted by Gasteiger charge is 2.42. The van der Waals surface area contributed by atoms with Gasteiger partial charge in [-0.05, 0) is 25.7 Å². The van der Waals surface area contributed by atoms with Gasteiger partial charge in [0.25, 0.3) is 0 Å². The molecule has 0 aromatic carbocycles. The third kappa shape index (κ3) is 2.55. The Kier molecular flexibility index (Phi) is 3.87. The predicted octanol–water partition coefficient (Wildman–Crippen LogP) is 3.28. The van der Waals surface area contributed by atoms with Gasteiger partial charge in [-0.15, -0.1) is 0 Å². The van der Waals surface area contributed by atoms with E-state index in [4.69, 9.17) is 15.2 Å². The smallest absolute Gasteiger partial charge is 0.234 e. The summed E-state index contributed by atoms with van der Waals surface area (Å²) in [7, 11) is 0. The Morgan fingerprint density at radius 3 is 2.32 bits per heavy atom. The molecule has 0 atom stereocenters. The van der Waals surface area contributed by atoms with Crippen LogP contribution in [0.25, 0.3) is 0 Å². The number of nitrogens with zero attached hydrogens (tertiary/aromatic N) is 2. The van der Waals surface area contributed by atoms with Gasteiger partial charge in [-0.1, -0.05) is 43.7 Å². The maximum atomic E-state index is 5.91. The standard InChI is InChI=1S/C15H25N3O/c16-11-15(9-6-10-15)14-17-13(18-19-14)12-7-4-2-1-3-5-8-12/h12H,1-11,16H2. The van der Waals surface area contributed by atoms with Crippen molar-refractivity contribution in [3.63, 3.8) is 0 Å². The van der Waals surface area contributed by atoms with Crippen molar-refractivity contribution >= 4 is 0 Å². The minimum Gasteiger partial charge on any atom is -0.339 e. The number of aromatic nitrogens is 2. The second-order valence-corrected chi connectivity index (χ2v) is 6.34. The Labute approximate surface area is 115 Å². The SMILES string of the molecule is NCC1(c2nc(C3CCCCCCC3)no2)CCC1. The van der Waals surface area contributed by atoms with Gasteiger partial charge < -0.3 is 10.3 Å². The van der Waals surface area contributed by atoms with Crippen molar-refractivity contribution in [2.24, 2.45) is 5.73 Å². The monoisotopic (exact) mass is 263 g/mol. The zero-order chi connectivity index (χ0) is 13.1. The normalized spacial score (nSPS) is 24.5. The molecular formula is C15H25N3O. The first-order valence-corrected chi connectivity index (χ1v) is 7.88. The fourth-order valence-corrected chi connectivity index (χ4v) is 3.44. The molecule has 0 amide bonds. The lowest BCUT2D eigenvalue weighted by Gasteiger charge is -2.36. The average molecular weight is 263 g/mol. The summed E-state index contributed by atoms with van der Waals surface area (Å²) in [5.41, 5.74) is 5.91. The van der Waals surface area contributed by atoms with Crippen LogP contribution in [0.5, 0.6) is 0 Å². The maximum Gasteiger partial charge on any atom is 0.234 e.